The molecule has 58 valence electrons. The van der Waals surface area contributed by atoms with Crippen LogP contribution in [0.4, 0.5) is 0 Å². The van der Waals surface area contributed by atoms with E-state index < -0.39 is 0 Å². The summed E-state index contributed by atoms with van der Waals surface area (Å²) >= 11 is 0. The van der Waals surface area contributed by atoms with Gasteiger partial charge >= 0.3 is 0 Å². The van der Waals surface area contributed by atoms with Gasteiger partial charge in [-0.2, -0.15) is 4.68 Å². The predicted octanol–water partition coefficient (Wildman–Crippen LogP) is -0.464. The van der Waals surface area contributed by atoms with E-state index in [1.165, 1.54) is 17.9 Å². The van der Waals surface area contributed by atoms with Gasteiger partial charge in [0.2, 0.25) is 0 Å². The van der Waals surface area contributed by atoms with Crippen molar-refractivity contribution >= 4 is 6.21 Å². The fourth-order valence-corrected chi connectivity index (χ4v) is 0.752. The van der Waals surface area contributed by atoms with Gasteiger partial charge in [-0.15, -0.1) is 15.3 Å². The molecule has 0 saturated carbocycles. The lowest BCUT2D eigenvalue weighted by molar-refractivity contribution is 0.0577. The van der Waals surface area contributed by atoms with E-state index in [9.17, 15) is 0 Å². The molecular weight excluding hydrogens is 146 g/mol. The van der Waals surface area contributed by atoms with Crippen molar-refractivity contribution in [2.45, 2.75) is 13.0 Å². The molecule has 0 aliphatic carbocycles. The van der Waals surface area contributed by atoms with Gasteiger partial charge in [-0.05, 0) is 6.92 Å². The minimum Gasteiger partial charge on any atom is -0.228 e. The third kappa shape index (κ3) is 1.07. The summed E-state index contributed by atoms with van der Waals surface area (Å²) in [6.45, 7) is 1.90. The van der Waals surface area contributed by atoms with Gasteiger partial charge in [0.15, 0.2) is 0 Å². The molecule has 6 nitrogen and oxygen atoms in total. The average Bonchev–Trinajstić information content (AvgIpc) is 2.55. The topological polar surface area (TPSA) is 55.5 Å². The minimum atomic E-state index is 0.0115. The summed E-state index contributed by atoms with van der Waals surface area (Å²) in [6, 6.07) is 0. The third-order valence-corrected chi connectivity index (χ3v) is 1.24. The van der Waals surface area contributed by atoms with E-state index in [0.717, 1.165) is 0 Å². The molecule has 1 atom stereocenters. The molecule has 2 rings (SSSR count). The molecule has 1 aromatic rings. The summed E-state index contributed by atoms with van der Waals surface area (Å²) in [4.78, 5) is 5.20. The van der Waals surface area contributed by atoms with Gasteiger partial charge in [0.05, 0.1) is 6.21 Å². The molecule has 0 spiro atoms. The molecule has 0 bridgehead atoms. The van der Waals surface area contributed by atoms with Crippen molar-refractivity contribution in [3.05, 3.63) is 12.7 Å². The lowest BCUT2D eigenvalue weighted by Gasteiger charge is -2.12. The quantitative estimate of drug-likeness (QED) is 0.547. The highest BCUT2D eigenvalue weighted by Crippen LogP contribution is 2.02. The first-order valence-electron chi connectivity index (χ1n) is 3.22. The Labute approximate surface area is 63.0 Å². The summed E-state index contributed by atoms with van der Waals surface area (Å²) in [5, 5.41) is 12.5. The fraction of sp³-hybridized carbons (Fsp3) is 0.400. The first kappa shape index (κ1) is 6.29. The Hall–Kier alpha value is -1.43. The Balaban J connectivity index is 2.15. The molecule has 6 heteroatoms. The monoisotopic (exact) mass is 153 g/mol. The normalized spacial score (nSPS) is 23.0. The summed E-state index contributed by atoms with van der Waals surface area (Å²) in [5.41, 5.74) is 0. The van der Waals surface area contributed by atoms with Gasteiger partial charge in [-0.1, -0.05) is 5.28 Å². The number of hydrogen-bond acceptors (Lipinski definition) is 5. The molecule has 11 heavy (non-hydrogen) atoms. The van der Waals surface area contributed by atoms with Crippen LogP contribution in [0.25, 0.3) is 0 Å². The number of rotatable bonds is 1. The first-order valence-corrected chi connectivity index (χ1v) is 3.22. The van der Waals surface area contributed by atoms with Gasteiger partial charge in [-0.25, -0.2) is 4.84 Å². The van der Waals surface area contributed by atoms with Crippen molar-refractivity contribution in [1.29, 1.82) is 0 Å². The van der Waals surface area contributed by atoms with E-state index >= 15 is 0 Å². The molecule has 1 unspecified atom stereocenters. The van der Waals surface area contributed by atoms with Crippen LogP contribution in [-0.2, 0) is 4.84 Å². The molecule has 1 aromatic heterocycles. The number of hydrazone groups is 1. The van der Waals surface area contributed by atoms with Gasteiger partial charge in [0.1, 0.15) is 18.8 Å². The number of nitrogens with zero attached hydrogens (tertiary/aromatic N) is 5. The summed E-state index contributed by atoms with van der Waals surface area (Å²) in [6.07, 6.45) is 4.72. The van der Waals surface area contributed by atoms with Crippen LogP contribution >= 0.6 is 0 Å². The highest BCUT2D eigenvalue weighted by molar-refractivity contribution is 5.64. The van der Waals surface area contributed by atoms with Gasteiger partial charge in [0, 0.05) is 0 Å². The van der Waals surface area contributed by atoms with Gasteiger partial charge in [0.25, 0.3) is 0 Å². The van der Waals surface area contributed by atoms with Gasteiger partial charge < -0.3 is 0 Å². The van der Waals surface area contributed by atoms with E-state index in [1.807, 2.05) is 6.92 Å². The Morgan fingerprint density at radius 1 is 1.36 bits per heavy atom. The molecule has 0 aromatic carbocycles. The van der Waals surface area contributed by atoms with E-state index in [2.05, 4.69) is 15.3 Å². The van der Waals surface area contributed by atoms with Crippen LogP contribution in [-0.4, -0.2) is 27.2 Å². The largest absolute Gasteiger partial charge is 0.228 e. The average molecular weight is 153 g/mol. The lowest BCUT2D eigenvalue weighted by atomic mass is 10.5. The Morgan fingerprint density at radius 2 is 2.09 bits per heavy atom. The van der Waals surface area contributed by atoms with Crippen LogP contribution in [0.3, 0.4) is 0 Å². The molecule has 1 aliphatic rings. The fourth-order valence-electron chi connectivity index (χ4n) is 0.752. The van der Waals surface area contributed by atoms with Gasteiger partial charge in [-0.3, -0.25) is 0 Å². The zero-order chi connectivity index (χ0) is 7.68. The molecule has 0 amide bonds. The molecule has 0 fully saturated rings. The maximum absolute atomic E-state index is 5.20. The molecule has 2 heterocycles. The second kappa shape index (κ2) is 2.31. The predicted molar refractivity (Wildman–Crippen MR) is 37.3 cm³/mol. The van der Waals surface area contributed by atoms with Crippen molar-refractivity contribution in [2.24, 2.45) is 5.10 Å². The van der Waals surface area contributed by atoms with Crippen molar-refractivity contribution in [3.8, 4) is 0 Å². The van der Waals surface area contributed by atoms with E-state index in [1.54, 1.807) is 10.9 Å². The molecular formula is C5H7N5O. The second-order valence-corrected chi connectivity index (χ2v) is 2.17. The smallest absolute Gasteiger partial charge is 0.143 e. The molecule has 1 aliphatic heterocycles. The maximum atomic E-state index is 5.20. The number of hydrogen-bond donors (Lipinski definition) is 0. The highest BCUT2D eigenvalue weighted by Gasteiger charge is 2.14. The van der Waals surface area contributed by atoms with Crippen LogP contribution in [0.5, 0.6) is 0 Å². The maximum Gasteiger partial charge on any atom is 0.143 e. The van der Waals surface area contributed by atoms with Crippen LogP contribution in [0.2, 0.25) is 0 Å². The van der Waals surface area contributed by atoms with Crippen molar-refractivity contribution < 1.29 is 4.84 Å². The Bertz CT molecular complexity index is 256. The lowest BCUT2D eigenvalue weighted by Crippen LogP contribution is -2.26. The Kier molecular flexibility index (Phi) is 1.32. The summed E-state index contributed by atoms with van der Waals surface area (Å²) in [7, 11) is 0. The van der Waals surface area contributed by atoms with E-state index in [0.29, 0.717) is 0 Å². The van der Waals surface area contributed by atoms with E-state index in [-0.39, 0.29) is 6.10 Å². The first-order chi connectivity index (χ1) is 5.36. The summed E-state index contributed by atoms with van der Waals surface area (Å²) < 4.78 is 1.54. The second-order valence-electron chi connectivity index (χ2n) is 2.17. The summed E-state index contributed by atoms with van der Waals surface area (Å²) in [5.74, 6) is 0. The van der Waals surface area contributed by atoms with Crippen LogP contribution in [0, 0.1) is 0 Å². The molecule has 0 radical (unpaired) electrons. The van der Waals surface area contributed by atoms with E-state index in [4.69, 9.17) is 4.84 Å². The van der Waals surface area contributed by atoms with Crippen molar-refractivity contribution in [2.75, 3.05) is 5.28 Å². The minimum absolute atomic E-state index is 0.0115. The van der Waals surface area contributed by atoms with Crippen molar-refractivity contribution in [3.63, 3.8) is 0 Å². The Morgan fingerprint density at radius 3 is 2.64 bits per heavy atom. The van der Waals surface area contributed by atoms with Crippen LogP contribution in [0.1, 0.15) is 6.92 Å². The van der Waals surface area contributed by atoms with Crippen molar-refractivity contribution in [1.82, 2.24) is 14.9 Å². The highest BCUT2D eigenvalue weighted by atomic mass is 16.8. The number of aromatic nitrogens is 3. The van der Waals surface area contributed by atoms with Crippen LogP contribution in [0.15, 0.2) is 17.8 Å². The molecule has 0 N–H and O–H groups in total. The molecule has 0 saturated heterocycles. The third-order valence-electron chi connectivity index (χ3n) is 1.24. The van der Waals surface area contributed by atoms with Crippen LogP contribution < -0.4 is 5.28 Å². The zero-order valence-electron chi connectivity index (χ0n) is 5.95. The zero-order valence-corrected chi connectivity index (χ0v) is 5.95. The standard InChI is InChI=1S/C5H7N5O/c1-5-2-8-10(11-5)9-3-6-7-4-9/h2-5H,1H3. The SMILES string of the molecule is CC1C=NN(n2cnnc2)O1.